The first-order valence-corrected chi connectivity index (χ1v) is 7.97. The first-order valence-electron chi connectivity index (χ1n) is 6.57. The van der Waals surface area contributed by atoms with Crippen molar-refractivity contribution >= 4 is 17.3 Å². The van der Waals surface area contributed by atoms with E-state index >= 15 is 0 Å². The lowest BCUT2D eigenvalue weighted by molar-refractivity contribution is 0.365. The van der Waals surface area contributed by atoms with Crippen LogP contribution in [0, 0.1) is 6.92 Å². The normalized spacial score (nSPS) is 12.2. The van der Waals surface area contributed by atoms with Gasteiger partial charge in [0.25, 0.3) is 0 Å². The topological polar surface area (TPSA) is 3.24 Å². The number of benzene rings is 1. The number of allylic oxidation sites excluding steroid dienone is 1. The van der Waals surface area contributed by atoms with Crippen LogP contribution in [0.5, 0.6) is 0 Å². The van der Waals surface area contributed by atoms with Crippen molar-refractivity contribution in [2.45, 2.75) is 20.3 Å². The second kappa shape index (κ2) is 8.39. The molecule has 0 aromatic heterocycles. The van der Waals surface area contributed by atoms with E-state index in [9.17, 15) is 0 Å². The van der Waals surface area contributed by atoms with Crippen LogP contribution in [0.4, 0.5) is 0 Å². The summed E-state index contributed by atoms with van der Waals surface area (Å²) in [6, 6.07) is 8.66. The van der Waals surface area contributed by atoms with Gasteiger partial charge in [-0.05, 0) is 50.3 Å². The molecule has 0 spiro atoms. The first kappa shape index (κ1) is 15.3. The van der Waals surface area contributed by atoms with E-state index < -0.39 is 0 Å². The smallest absolute Gasteiger partial charge is 0.00693 e. The van der Waals surface area contributed by atoms with Crippen molar-refractivity contribution in [3.8, 4) is 0 Å². The van der Waals surface area contributed by atoms with Crippen molar-refractivity contribution in [3.63, 3.8) is 0 Å². The van der Waals surface area contributed by atoms with Gasteiger partial charge in [-0.1, -0.05) is 30.3 Å². The number of nitrogens with zero attached hydrogens (tertiary/aromatic N) is 1. The molecule has 0 saturated carbocycles. The fraction of sp³-hybridized carbons (Fsp3) is 0.500. The third-order valence-electron chi connectivity index (χ3n) is 3.28. The number of thioether (sulfide) groups is 1. The van der Waals surface area contributed by atoms with E-state index in [1.165, 1.54) is 29.0 Å². The molecular formula is C16H25NS. The lowest BCUT2D eigenvalue weighted by atomic mass is 9.98. The summed E-state index contributed by atoms with van der Waals surface area (Å²) in [4.78, 5) is 2.41. The summed E-state index contributed by atoms with van der Waals surface area (Å²) < 4.78 is 0. The van der Waals surface area contributed by atoms with Crippen molar-refractivity contribution in [1.29, 1.82) is 0 Å². The standard InChI is InChI=1S/C16H25NS/c1-5-15(10-11-17(3)12-13-18-4)16-9-7-6-8-14(16)2/h5-9H,10-13H2,1-4H3/b15-5-. The SMILES string of the molecule is C/C=C(/CCN(C)CCSC)c1ccccc1C. The van der Waals surface area contributed by atoms with Gasteiger partial charge in [0.05, 0.1) is 0 Å². The molecule has 0 aliphatic carbocycles. The highest BCUT2D eigenvalue weighted by molar-refractivity contribution is 7.98. The molecule has 0 aliphatic rings. The number of rotatable bonds is 7. The average Bonchev–Trinajstić information content (AvgIpc) is 2.39. The monoisotopic (exact) mass is 263 g/mol. The minimum Gasteiger partial charge on any atom is -0.305 e. The van der Waals surface area contributed by atoms with Gasteiger partial charge in [-0.3, -0.25) is 0 Å². The van der Waals surface area contributed by atoms with Crippen LogP contribution in [0.2, 0.25) is 0 Å². The zero-order chi connectivity index (χ0) is 13.4. The van der Waals surface area contributed by atoms with Crippen molar-refractivity contribution in [3.05, 3.63) is 41.5 Å². The van der Waals surface area contributed by atoms with Crippen LogP contribution >= 0.6 is 11.8 Å². The summed E-state index contributed by atoms with van der Waals surface area (Å²) in [6.45, 7) is 6.64. The highest BCUT2D eigenvalue weighted by Gasteiger charge is 2.05. The average molecular weight is 263 g/mol. The third-order valence-corrected chi connectivity index (χ3v) is 3.87. The van der Waals surface area contributed by atoms with Crippen LogP contribution in [0.25, 0.3) is 5.57 Å². The summed E-state index contributed by atoms with van der Waals surface area (Å²) in [5.41, 5.74) is 4.24. The van der Waals surface area contributed by atoms with Gasteiger partial charge >= 0.3 is 0 Å². The predicted molar refractivity (Wildman–Crippen MR) is 85.3 cm³/mol. The lowest BCUT2D eigenvalue weighted by Crippen LogP contribution is -2.22. The second-order valence-electron chi connectivity index (χ2n) is 4.67. The fourth-order valence-electron chi connectivity index (χ4n) is 2.04. The Bertz CT molecular complexity index is 384. The highest BCUT2D eigenvalue weighted by atomic mass is 32.2. The Morgan fingerprint density at radius 2 is 2.00 bits per heavy atom. The molecule has 18 heavy (non-hydrogen) atoms. The van der Waals surface area contributed by atoms with Gasteiger partial charge in [0, 0.05) is 18.8 Å². The molecule has 0 heterocycles. The van der Waals surface area contributed by atoms with Crippen LogP contribution in [0.15, 0.2) is 30.3 Å². The van der Waals surface area contributed by atoms with Crippen molar-refractivity contribution < 1.29 is 0 Å². The molecule has 0 atom stereocenters. The first-order chi connectivity index (χ1) is 8.69. The van der Waals surface area contributed by atoms with Gasteiger partial charge in [-0.2, -0.15) is 11.8 Å². The zero-order valence-electron chi connectivity index (χ0n) is 12.1. The summed E-state index contributed by atoms with van der Waals surface area (Å²) >= 11 is 1.91. The Labute approximate surface area is 116 Å². The maximum atomic E-state index is 2.41. The third kappa shape index (κ3) is 4.87. The van der Waals surface area contributed by atoms with Crippen molar-refractivity contribution in [2.24, 2.45) is 0 Å². The molecular weight excluding hydrogens is 238 g/mol. The lowest BCUT2D eigenvalue weighted by Gasteiger charge is -2.18. The van der Waals surface area contributed by atoms with E-state index in [0.29, 0.717) is 0 Å². The molecule has 0 bridgehead atoms. The molecule has 0 unspecified atom stereocenters. The molecule has 0 aliphatic heterocycles. The molecule has 1 nitrogen and oxygen atoms in total. The molecule has 100 valence electrons. The summed E-state index contributed by atoms with van der Waals surface area (Å²) in [6.07, 6.45) is 5.55. The maximum Gasteiger partial charge on any atom is 0.00693 e. The number of aryl methyl sites for hydroxylation is 1. The number of hydrogen-bond acceptors (Lipinski definition) is 2. The molecule has 0 N–H and O–H groups in total. The van der Waals surface area contributed by atoms with E-state index in [-0.39, 0.29) is 0 Å². The molecule has 0 amide bonds. The summed E-state index contributed by atoms with van der Waals surface area (Å²) in [5.74, 6) is 1.21. The number of hydrogen-bond donors (Lipinski definition) is 0. The second-order valence-corrected chi connectivity index (χ2v) is 5.66. The van der Waals surface area contributed by atoms with Crippen LogP contribution in [-0.4, -0.2) is 37.0 Å². The molecule has 0 radical (unpaired) electrons. The van der Waals surface area contributed by atoms with Gasteiger partial charge in [0.2, 0.25) is 0 Å². The molecule has 0 fully saturated rings. The predicted octanol–water partition coefficient (Wildman–Crippen LogP) is 4.08. The Morgan fingerprint density at radius 1 is 1.28 bits per heavy atom. The molecule has 1 aromatic carbocycles. The Morgan fingerprint density at radius 3 is 2.61 bits per heavy atom. The van der Waals surface area contributed by atoms with E-state index in [1.807, 2.05) is 11.8 Å². The van der Waals surface area contributed by atoms with Crippen LogP contribution < -0.4 is 0 Å². The van der Waals surface area contributed by atoms with Crippen molar-refractivity contribution in [1.82, 2.24) is 4.90 Å². The molecule has 0 saturated heterocycles. The Kier molecular flexibility index (Phi) is 7.14. The van der Waals surface area contributed by atoms with Gasteiger partial charge in [-0.25, -0.2) is 0 Å². The van der Waals surface area contributed by atoms with Gasteiger partial charge in [-0.15, -0.1) is 0 Å². The summed E-state index contributed by atoms with van der Waals surface area (Å²) in [7, 11) is 2.21. The quantitative estimate of drug-likeness (QED) is 0.729. The molecule has 1 rings (SSSR count). The van der Waals surface area contributed by atoms with Crippen LogP contribution in [-0.2, 0) is 0 Å². The van der Waals surface area contributed by atoms with E-state index in [2.05, 4.69) is 62.4 Å². The van der Waals surface area contributed by atoms with Gasteiger partial charge in [0.1, 0.15) is 0 Å². The van der Waals surface area contributed by atoms with Crippen molar-refractivity contribution in [2.75, 3.05) is 32.1 Å². The minimum absolute atomic E-state index is 1.13. The fourth-order valence-corrected chi connectivity index (χ4v) is 2.53. The maximum absolute atomic E-state index is 2.41. The molecule has 1 aromatic rings. The van der Waals surface area contributed by atoms with E-state index in [1.54, 1.807) is 0 Å². The van der Waals surface area contributed by atoms with Gasteiger partial charge < -0.3 is 4.90 Å². The largest absolute Gasteiger partial charge is 0.305 e. The minimum atomic E-state index is 1.13. The van der Waals surface area contributed by atoms with E-state index in [4.69, 9.17) is 0 Å². The summed E-state index contributed by atoms with van der Waals surface area (Å²) in [5, 5.41) is 0. The van der Waals surface area contributed by atoms with E-state index in [0.717, 1.165) is 13.0 Å². The Hall–Kier alpha value is -0.730. The van der Waals surface area contributed by atoms with Crippen LogP contribution in [0.3, 0.4) is 0 Å². The Balaban J connectivity index is 2.56. The van der Waals surface area contributed by atoms with Crippen LogP contribution in [0.1, 0.15) is 24.5 Å². The highest BCUT2D eigenvalue weighted by Crippen LogP contribution is 2.21. The zero-order valence-corrected chi connectivity index (χ0v) is 12.9. The molecule has 2 heteroatoms. The van der Waals surface area contributed by atoms with Gasteiger partial charge in [0.15, 0.2) is 0 Å².